The molecule has 0 atom stereocenters. The fourth-order valence-electron chi connectivity index (χ4n) is 0.734. The van der Waals surface area contributed by atoms with Crippen molar-refractivity contribution in [2.45, 2.75) is 0 Å². The molecule has 6 heteroatoms. The molecule has 0 fully saturated rings. The number of rotatable bonds is 1. The number of aliphatic imine (C=N–C) groups is 1. The molecule has 1 aromatic rings. The maximum Gasteiger partial charge on any atom is 0.208 e. The molecule has 0 bridgehead atoms. The predicted octanol–water partition coefficient (Wildman–Crippen LogP) is 0.998. The summed E-state index contributed by atoms with van der Waals surface area (Å²) in [6.45, 7) is 0. The minimum absolute atomic E-state index is 0.0623. The largest absolute Gasteiger partial charge is 0.369 e. The first kappa shape index (κ1) is 9.94. The van der Waals surface area contributed by atoms with E-state index < -0.39 is 0 Å². The van der Waals surface area contributed by atoms with Gasteiger partial charge in [-0.15, -0.1) is 0 Å². The lowest BCUT2D eigenvalue weighted by Gasteiger charge is -2.00. The van der Waals surface area contributed by atoms with Gasteiger partial charge in [0.15, 0.2) is 0 Å². The van der Waals surface area contributed by atoms with E-state index in [9.17, 15) is 4.39 Å². The van der Waals surface area contributed by atoms with E-state index in [1.165, 1.54) is 18.2 Å². The molecular formula is C7H8BrFN4. The van der Waals surface area contributed by atoms with Crippen LogP contribution in [0.4, 0.5) is 10.1 Å². The molecule has 0 saturated carbocycles. The molecule has 0 heterocycles. The zero-order valence-corrected chi connectivity index (χ0v) is 8.18. The number of nitrogens with one attached hydrogen (secondary N) is 1. The second-order valence-corrected chi connectivity index (χ2v) is 3.09. The van der Waals surface area contributed by atoms with Gasteiger partial charge in [-0.25, -0.2) is 15.2 Å². The molecule has 5 N–H and O–H groups in total. The molecule has 0 aromatic heterocycles. The van der Waals surface area contributed by atoms with E-state index in [-0.39, 0.29) is 11.8 Å². The Morgan fingerprint density at radius 2 is 2.23 bits per heavy atom. The second kappa shape index (κ2) is 4.20. The van der Waals surface area contributed by atoms with Crippen LogP contribution in [-0.2, 0) is 0 Å². The van der Waals surface area contributed by atoms with Crippen molar-refractivity contribution in [3.8, 4) is 0 Å². The molecule has 1 rings (SSSR count). The van der Waals surface area contributed by atoms with Gasteiger partial charge in [-0.1, -0.05) is 0 Å². The first-order valence-electron chi connectivity index (χ1n) is 3.39. The van der Waals surface area contributed by atoms with Crippen molar-refractivity contribution in [1.82, 2.24) is 5.43 Å². The van der Waals surface area contributed by atoms with Gasteiger partial charge in [-0.2, -0.15) is 0 Å². The molecule has 4 nitrogen and oxygen atoms in total. The Kier molecular flexibility index (Phi) is 3.21. The van der Waals surface area contributed by atoms with Gasteiger partial charge in [-0.3, -0.25) is 5.43 Å². The lowest BCUT2D eigenvalue weighted by Crippen LogP contribution is -2.36. The fraction of sp³-hybridized carbons (Fsp3) is 0. The Hall–Kier alpha value is -1.14. The van der Waals surface area contributed by atoms with Crippen LogP contribution in [0.3, 0.4) is 0 Å². The summed E-state index contributed by atoms with van der Waals surface area (Å²) in [5, 5.41) is 0. The van der Waals surface area contributed by atoms with E-state index in [4.69, 9.17) is 11.6 Å². The van der Waals surface area contributed by atoms with Crippen LogP contribution in [0.2, 0.25) is 0 Å². The topological polar surface area (TPSA) is 76.4 Å². The van der Waals surface area contributed by atoms with Crippen molar-refractivity contribution >= 4 is 27.6 Å². The van der Waals surface area contributed by atoms with E-state index in [0.29, 0.717) is 10.2 Å². The smallest absolute Gasteiger partial charge is 0.208 e. The standard InChI is InChI=1S/C7H8BrFN4/c8-5-3-4(9)1-2-6(5)12-7(10)13-11/h1-3H,11H2,(H3,10,12,13). The highest BCUT2D eigenvalue weighted by molar-refractivity contribution is 9.10. The number of hydrogen-bond acceptors (Lipinski definition) is 2. The van der Waals surface area contributed by atoms with E-state index in [0.717, 1.165) is 0 Å². The van der Waals surface area contributed by atoms with Crippen LogP contribution in [-0.4, -0.2) is 5.96 Å². The number of halogens is 2. The Bertz CT molecular complexity index is 339. The highest BCUT2D eigenvalue weighted by Gasteiger charge is 2.00. The zero-order valence-electron chi connectivity index (χ0n) is 6.59. The summed E-state index contributed by atoms with van der Waals surface area (Å²) in [7, 11) is 0. The van der Waals surface area contributed by atoms with Gasteiger partial charge in [0.25, 0.3) is 0 Å². The third kappa shape index (κ3) is 2.67. The zero-order chi connectivity index (χ0) is 9.84. The van der Waals surface area contributed by atoms with Crippen LogP contribution >= 0.6 is 15.9 Å². The minimum atomic E-state index is -0.342. The first-order valence-corrected chi connectivity index (χ1v) is 4.18. The monoisotopic (exact) mass is 246 g/mol. The number of hydrazine groups is 1. The predicted molar refractivity (Wildman–Crippen MR) is 52.7 cm³/mol. The average molecular weight is 247 g/mol. The summed E-state index contributed by atoms with van der Waals surface area (Å²) in [6, 6.07) is 4.07. The quantitative estimate of drug-likeness (QED) is 0.300. The molecule has 0 unspecified atom stereocenters. The molecule has 0 amide bonds. The molecule has 0 aliphatic rings. The molecule has 0 aliphatic heterocycles. The molecular weight excluding hydrogens is 239 g/mol. The Labute approximate surface area is 82.9 Å². The lowest BCUT2D eigenvalue weighted by atomic mass is 10.3. The number of hydrogen-bond donors (Lipinski definition) is 3. The van der Waals surface area contributed by atoms with Crippen molar-refractivity contribution in [1.29, 1.82) is 0 Å². The number of nitrogens with two attached hydrogens (primary N) is 2. The fourth-order valence-corrected chi connectivity index (χ4v) is 1.17. The minimum Gasteiger partial charge on any atom is -0.369 e. The van der Waals surface area contributed by atoms with E-state index >= 15 is 0 Å². The summed E-state index contributed by atoms with van der Waals surface area (Å²) in [4.78, 5) is 3.86. The number of nitrogens with zero attached hydrogens (tertiary/aromatic N) is 1. The molecule has 1 aromatic carbocycles. The lowest BCUT2D eigenvalue weighted by molar-refractivity contribution is 0.627. The van der Waals surface area contributed by atoms with Crippen LogP contribution in [0.25, 0.3) is 0 Å². The Morgan fingerprint density at radius 1 is 1.54 bits per heavy atom. The van der Waals surface area contributed by atoms with Gasteiger partial charge in [0.2, 0.25) is 5.96 Å². The van der Waals surface area contributed by atoms with E-state index in [1.54, 1.807) is 0 Å². The van der Waals surface area contributed by atoms with Crippen molar-refractivity contribution in [2.75, 3.05) is 0 Å². The maximum absolute atomic E-state index is 12.6. The molecule has 0 radical (unpaired) electrons. The Balaban J connectivity index is 3.03. The first-order chi connectivity index (χ1) is 6.13. The summed E-state index contributed by atoms with van der Waals surface area (Å²) < 4.78 is 13.1. The number of benzene rings is 1. The van der Waals surface area contributed by atoms with Crippen LogP contribution in [0.15, 0.2) is 27.7 Å². The van der Waals surface area contributed by atoms with E-state index in [1.807, 2.05) is 0 Å². The van der Waals surface area contributed by atoms with Gasteiger partial charge >= 0.3 is 0 Å². The SMILES string of the molecule is NNC(N)=Nc1ccc(F)cc1Br. The van der Waals surface area contributed by atoms with Crippen molar-refractivity contribution in [3.05, 3.63) is 28.5 Å². The van der Waals surface area contributed by atoms with Crippen molar-refractivity contribution < 1.29 is 4.39 Å². The summed E-state index contributed by atoms with van der Waals surface area (Å²) in [5.41, 5.74) is 7.99. The summed E-state index contributed by atoms with van der Waals surface area (Å²) >= 11 is 3.13. The van der Waals surface area contributed by atoms with Gasteiger partial charge in [0, 0.05) is 4.47 Å². The molecule has 13 heavy (non-hydrogen) atoms. The summed E-state index contributed by atoms with van der Waals surface area (Å²) in [6.07, 6.45) is 0. The van der Waals surface area contributed by atoms with E-state index in [2.05, 4.69) is 26.3 Å². The van der Waals surface area contributed by atoms with Crippen LogP contribution in [0.5, 0.6) is 0 Å². The maximum atomic E-state index is 12.6. The van der Waals surface area contributed by atoms with Crippen molar-refractivity contribution in [2.24, 2.45) is 16.6 Å². The van der Waals surface area contributed by atoms with Gasteiger partial charge in [0.1, 0.15) is 5.82 Å². The van der Waals surface area contributed by atoms with Gasteiger partial charge in [-0.05, 0) is 34.1 Å². The normalized spacial score (nSPS) is 11.5. The molecule has 0 saturated heterocycles. The van der Waals surface area contributed by atoms with Crippen LogP contribution in [0, 0.1) is 5.82 Å². The molecule has 0 aliphatic carbocycles. The summed E-state index contributed by atoms with van der Waals surface area (Å²) in [5.74, 6) is 4.72. The molecule has 70 valence electrons. The Morgan fingerprint density at radius 3 is 2.77 bits per heavy atom. The highest BCUT2D eigenvalue weighted by atomic mass is 79.9. The highest BCUT2D eigenvalue weighted by Crippen LogP contribution is 2.25. The van der Waals surface area contributed by atoms with Gasteiger partial charge in [0.05, 0.1) is 5.69 Å². The second-order valence-electron chi connectivity index (χ2n) is 2.24. The third-order valence-electron chi connectivity index (χ3n) is 1.30. The van der Waals surface area contributed by atoms with Crippen molar-refractivity contribution in [3.63, 3.8) is 0 Å². The average Bonchev–Trinajstić information content (AvgIpc) is 2.09. The van der Waals surface area contributed by atoms with Crippen LogP contribution < -0.4 is 17.0 Å². The number of guanidine groups is 1. The molecule has 0 spiro atoms. The third-order valence-corrected chi connectivity index (χ3v) is 1.93. The van der Waals surface area contributed by atoms with Gasteiger partial charge < -0.3 is 5.73 Å². The van der Waals surface area contributed by atoms with Crippen LogP contribution in [0.1, 0.15) is 0 Å².